The van der Waals surface area contributed by atoms with Crippen LogP contribution in [-0.2, 0) is 21.4 Å². The number of nitrogens with zero attached hydrogens (tertiary/aromatic N) is 3. The third-order valence-electron chi connectivity index (χ3n) is 5.83. The van der Waals surface area contributed by atoms with Crippen molar-refractivity contribution in [2.75, 3.05) is 27.3 Å². The molecule has 1 saturated heterocycles. The van der Waals surface area contributed by atoms with Gasteiger partial charge in [-0.1, -0.05) is 29.5 Å². The molecule has 3 aromatic rings. The molecule has 1 unspecified atom stereocenters. The van der Waals surface area contributed by atoms with Crippen molar-refractivity contribution in [1.82, 2.24) is 8.87 Å². The highest BCUT2D eigenvalue weighted by Gasteiger charge is 2.33. The summed E-state index contributed by atoms with van der Waals surface area (Å²) in [5, 5.41) is 0. The van der Waals surface area contributed by atoms with Gasteiger partial charge in [0.15, 0.2) is 4.80 Å². The molecular weight excluding hydrogens is 462 g/mol. The lowest BCUT2D eigenvalue weighted by Gasteiger charge is -2.30. The summed E-state index contributed by atoms with van der Waals surface area (Å²) in [6.45, 7) is 3.09. The molecule has 1 aromatic heterocycles. The predicted molar refractivity (Wildman–Crippen MR) is 127 cm³/mol. The Hall–Kier alpha value is -2.69. The number of amides is 1. The maximum absolute atomic E-state index is 13.2. The molecule has 1 aliphatic heterocycles. The van der Waals surface area contributed by atoms with Crippen LogP contribution in [-0.4, -0.2) is 50.5 Å². The van der Waals surface area contributed by atoms with Gasteiger partial charge in [0, 0.05) is 19.6 Å². The first kappa shape index (κ1) is 23.5. The predicted octanol–water partition coefficient (Wildman–Crippen LogP) is 3.27. The molecule has 2 heterocycles. The molecular formula is C23H27N3O5S2. The van der Waals surface area contributed by atoms with Crippen molar-refractivity contribution < 1.29 is 22.7 Å². The van der Waals surface area contributed by atoms with E-state index < -0.39 is 15.9 Å². The van der Waals surface area contributed by atoms with Gasteiger partial charge in [-0.15, -0.1) is 0 Å². The van der Waals surface area contributed by atoms with E-state index in [-0.39, 0.29) is 17.3 Å². The van der Waals surface area contributed by atoms with E-state index in [0.29, 0.717) is 42.2 Å². The lowest BCUT2D eigenvalue weighted by atomic mass is 9.99. The fraction of sp³-hybridized carbons (Fsp3) is 0.391. The highest BCUT2D eigenvalue weighted by Crippen LogP contribution is 2.35. The summed E-state index contributed by atoms with van der Waals surface area (Å²) in [5.74, 6) is 0.562. The minimum atomic E-state index is -3.65. The minimum absolute atomic E-state index is 0.128. The molecule has 0 radical (unpaired) electrons. The second-order valence-corrected chi connectivity index (χ2v) is 10.7. The van der Waals surface area contributed by atoms with Gasteiger partial charge in [0.1, 0.15) is 21.7 Å². The van der Waals surface area contributed by atoms with Crippen LogP contribution in [0.3, 0.4) is 0 Å². The van der Waals surface area contributed by atoms with Gasteiger partial charge in [0.05, 0.1) is 25.0 Å². The molecule has 0 bridgehead atoms. The minimum Gasteiger partial charge on any atom is -0.495 e. The second kappa shape index (κ2) is 9.66. The number of ether oxygens (including phenoxy) is 2. The Kier molecular flexibility index (Phi) is 6.87. The Morgan fingerprint density at radius 2 is 1.82 bits per heavy atom. The number of thiazole rings is 1. The van der Waals surface area contributed by atoms with Gasteiger partial charge >= 0.3 is 0 Å². The van der Waals surface area contributed by atoms with Crippen LogP contribution >= 0.6 is 11.3 Å². The fourth-order valence-corrected chi connectivity index (χ4v) is 6.88. The smallest absolute Gasteiger partial charge is 0.252 e. The van der Waals surface area contributed by atoms with Crippen LogP contribution in [0.5, 0.6) is 11.5 Å². The Bertz CT molecular complexity index is 1330. The van der Waals surface area contributed by atoms with Crippen molar-refractivity contribution in [2.24, 2.45) is 10.9 Å². The van der Waals surface area contributed by atoms with E-state index in [0.717, 1.165) is 10.2 Å². The quantitative estimate of drug-likeness (QED) is 0.530. The lowest BCUT2D eigenvalue weighted by molar-refractivity contribution is -0.122. The molecule has 0 spiro atoms. The summed E-state index contributed by atoms with van der Waals surface area (Å²) in [6, 6.07) is 12.0. The Morgan fingerprint density at radius 3 is 2.48 bits per heavy atom. The molecule has 33 heavy (non-hydrogen) atoms. The van der Waals surface area contributed by atoms with Crippen LogP contribution < -0.4 is 14.3 Å². The van der Waals surface area contributed by atoms with Gasteiger partial charge in [-0.05, 0) is 44.0 Å². The number of carbonyl (C=O) groups is 1. The molecule has 8 nitrogen and oxygen atoms in total. The third-order valence-corrected chi connectivity index (χ3v) is 8.80. The van der Waals surface area contributed by atoms with Crippen LogP contribution in [0.4, 0.5) is 0 Å². The summed E-state index contributed by atoms with van der Waals surface area (Å²) in [7, 11) is -0.447. The largest absolute Gasteiger partial charge is 0.495 e. The van der Waals surface area contributed by atoms with Crippen LogP contribution in [0.2, 0.25) is 0 Å². The highest BCUT2D eigenvalue weighted by molar-refractivity contribution is 7.89. The third kappa shape index (κ3) is 4.42. The van der Waals surface area contributed by atoms with E-state index in [2.05, 4.69) is 4.99 Å². The number of carbonyl (C=O) groups excluding carboxylic acids is 1. The van der Waals surface area contributed by atoms with Crippen LogP contribution in [0, 0.1) is 5.92 Å². The van der Waals surface area contributed by atoms with E-state index in [9.17, 15) is 13.2 Å². The van der Waals surface area contributed by atoms with Crippen LogP contribution in [0.25, 0.3) is 10.2 Å². The number of methoxy groups -OCH3 is 2. The molecule has 2 aromatic carbocycles. The van der Waals surface area contributed by atoms with Gasteiger partial charge in [0.2, 0.25) is 10.0 Å². The SMILES string of the molecule is CCn1c(=NC(=O)C2CCCN(S(=O)(=O)c3ccccc3)C2)sc2c(OC)ccc(OC)c21. The number of aryl methyl sites for hydroxylation is 1. The zero-order valence-corrected chi connectivity index (χ0v) is 20.5. The normalized spacial score (nSPS) is 17.9. The Morgan fingerprint density at radius 1 is 1.12 bits per heavy atom. The summed E-state index contributed by atoms with van der Waals surface area (Å²) < 4.78 is 41.3. The van der Waals surface area contributed by atoms with Crippen LogP contribution in [0.1, 0.15) is 19.8 Å². The first-order chi connectivity index (χ1) is 15.9. The number of hydrogen-bond acceptors (Lipinski definition) is 6. The van der Waals surface area contributed by atoms with Crippen molar-refractivity contribution >= 4 is 37.5 Å². The van der Waals surface area contributed by atoms with E-state index in [1.165, 1.54) is 15.6 Å². The number of aromatic nitrogens is 1. The van der Waals surface area contributed by atoms with E-state index >= 15 is 0 Å². The monoisotopic (exact) mass is 489 g/mol. The van der Waals surface area contributed by atoms with Gasteiger partial charge < -0.3 is 14.0 Å². The van der Waals surface area contributed by atoms with Gasteiger partial charge in [-0.3, -0.25) is 4.79 Å². The number of piperidine rings is 1. The van der Waals surface area contributed by atoms with Gasteiger partial charge in [-0.2, -0.15) is 9.30 Å². The number of rotatable bonds is 6. The molecule has 1 aliphatic rings. The molecule has 0 N–H and O–H groups in total. The molecule has 1 atom stereocenters. The fourth-order valence-electron chi connectivity index (χ4n) is 4.12. The topological polar surface area (TPSA) is 90.2 Å². The maximum Gasteiger partial charge on any atom is 0.252 e. The molecule has 1 amide bonds. The Labute approximate surface area is 197 Å². The molecule has 4 rings (SSSR count). The molecule has 0 aliphatic carbocycles. The average Bonchev–Trinajstić information content (AvgIpc) is 3.22. The highest BCUT2D eigenvalue weighted by atomic mass is 32.2. The van der Waals surface area contributed by atoms with E-state index in [1.54, 1.807) is 44.6 Å². The van der Waals surface area contributed by atoms with Crippen LogP contribution in [0.15, 0.2) is 52.4 Å². The summed E-state index contributed by atoms with van der Waals surface area (Å²) in [5.41, 5.74) is 0.827. The zero-order valence-electron chi connectivity index (χ0n) is 18.9. The molecule has 176 valence electrons. The number of sulfonamides is 1. The molecule has 0 saturated carbocycles. The van der Waals surface area contributed by atoms with Gasteiger partial charge in [-0.25, -0.2) is 8.42 Å². The standard InChI is InChI=1S/C23H27N3O5S2/c1-4-26-20-18(30-2)12-13-19(31-3)21(20)32-23(26)24-22(27)16-9-8-14-25(15-16)33(28,29)17-10-6-5-7-11-17/h5-7,10-13,16H,4,8-9,14-15H2,1-3H3. The van der Waals surface area contributed by atoms with Crippen molar-refractivity contribution in [2.45, 2.75) is 31.2 Å². The Balaban J connectivity index is 1.68. The average molecular weight is 490 g/mol. The van der Waals surface area contributed by atoms with Crippen molar-refractivity contribution in [3.8, 4) is 11.5 Å². The lowest BCUT2D eigenvalue weighted by Crippen LogP contribution is -2.42. The summed E-state index contributed by atoms with van der Waals surface area (Å²) in [4.78, 5) is 18.4. The number of benzene rings is 2. The summed E-state index contributed by atoms with van der Waals surface area (Å²) in [6.07, 6.45) is 1.21. The number of hydrogen-bond donors (Lipinski definition) is 0. The first-order valence-corrected chi connectivity index (χ1v) is 13.0. The van der Waals surface area contributed by atoms with Crippen molar-refractivity contribution in [1.29, 1.82) is 0 Å². The summed E-state index contributed by atoms with van der Waals surface area (Å²) >= 11 is 1.36. The molecule has 10 heteroatoms. The van der Waals surface area contributed by atoms with E-state index in [1.807, 2.05) is 23.6 Å². The van der Waals surface area contributed by atoms with Crippen molar-refractivity contribution in [3.05, 3.63) is 47.3 Å². The molecule has 1 fully saturated rings. The van der Waals surface area contributed by atoms with Gasteiger partial charge in [0.25, 0.3) is 5.91 Å². The zero-order chi connectivity index (χ0) is 23.6. The number of fused-ring (bicyclic) bond motifs is 1. The maximum atomic E-state index is 13.2. The second-order valence-electron chi connectivity index (χ2n) is 7.74. The van der Waals surface area contributed by atoms with Crippen molar-refractivity contribution in [3.63, 3.8) is 0 Å². The van der Waals surface area contributed by atoms with E-state index in [4.69, 9.17) is 9.47 Å². The first-order valence-electron chi connectivity index (χ1n) is 10.8.